The van der Waals surface area contributed by atoms with Crippen LogP contribution in [0.15, 0.2) is 0 Å². The fourth-order valence-electron chi connectivity index (χ4n) is 2.75. The normalized spacial score (nSPS) is 20.9. The summed E-state index contributed by atoms with van der Waals surface area (Å²) in [6, 6.07) is 0.626. The van der Waals surface area contributed by atoms with E-state index in [1.807, 2.05) is 0 Å². The Morgan fingerprint density at radius 1 is 0.750 bits per heavy atom. The molecule has 0 saturated carbocycles. The maximum absolute atomic E-state index is 5.65. The van der Waals surface area contributed by atoms with Crippen molar-refractivity contribution < 1.29 is 0 Å². The van der Waals surface area contributed by atoms with Crippen LogP contribution in [0.4, 0.5) is 0 Å². The topological polar surface area (TPSA) is 61.8 Å². The van der Waals surface area contributed by atoms with E-state index in [0.717, 1.165) is 52.1 Å². The van der Waals surface area contributed by atoms with Crippen molar-refractivity contribution in [3.05, 3.63) is 0 Å². The van der Waals surface area contributed by atoms with Gasteiger partial charge in [0.25, 0.3) is 0 Å². The second-order valence-corrected chi connectivity index (χ2v) is 6.10. The first kappa shape index (κ1) is 17.9. The molecule has 0 unspecified atom stereocenters. The molecule has 0 bridgehead atoms. The molecular formula is C15H35N5. The second kappa shape index (κ2) is 10.5. The standard InChI is InChI=1S/C15H35N5/c1-15(2)20-13-11-18(7-3-5-16)9-10-19(12-14-20)8-4-6-17/h15H,3-14,16-17H2,1-2H3. The summed E-state index contributed by atoms with van der Waals surface area (Å²) in [6.45, 7) is 15.5. The smallest absolute Gasteiger partial charge is 0.0113 e. The van der Waals surface area contributed by atoms with Crippen LogP contribution in [0.25, 0.3) is 0 Å². The maximum atomic E-state index is 5.65. The number of rotatable bonds is 7. The highest BCUT2D eigenvalue weighted by Crippen LogP contribution is 2.05. The van der Waals surface area contributed by atoms with Crippen LogP contribution < -0.4 is 11.5 Å². The van der Waals surface area contributed by atoms with Gasteiger partial charge in [-0.2, -0.15) is 0 Å². The van der Waals surface area contributed by atoms with Gasteiger partial charge < -0.3 is 21.3 Å². The third-order valence-electron chi connectivity index (χ3n) is 4.23. The number of hydrogen-bond donors (Lipinski definition) is 2. The fourth-order valence-corrected chi connectivity index (χ4v) is 2.75. The Morgan fingerprint density at radius 2 is 1.15 bits per heavy atom. The lowest BCUT2D eigenvalue weighted by Crippen LogP contribution is -2.40. The van der Waals surface area contributed by atoms with Gasteiger partial charge in [-0.15, -0.1) is 0 Å². The van der Waals surface area contributed by atoms with Gasteiger partial charge in [0.2, 0.25) is 0 Å². The molecular weight excluding hydrogens is 250 g/mol. The van der Waals surface area contributed by atoms with Crippen LogP contribution in [0.3, 0.4) is 0 Å². The molecule has 0 aromatic rings. The first-order chi connectivity index (χ1) is 9.67. The summed E-state index contributed by atoms with van der Waals surface area (Å²) in [5, 5.41) is 0. The number of nitrogens with zero attached hydrogens (tertiary/aromatic N) is 3. The first-order valence-corrected chi connectivity index (χ1v) is 8.26. The maximum Gasteiger partial charge on any atom is 0.0113 e. The average molecular weight is 285 g/mol. The van der Waals surface area contributed by atoms with Crippen LogP contribution in [-0.2, 0) is 0 Å². The lowest BCUT2D eigenvalue weighted by atomic mass is 10.3. The molecule has 0 aromatic carbocycles. The third-order valence-corrected chi connectivity index (χ3v) is 4.23. The van der Waals surface area contributed by atoms with E-state index in [2.05, 4.69) is 28.5 Å². The fraction of sp³-hybridized carbons (Fsp3) is 1.00. The molecule has 0 atom stereocenters. The Bertz CT molecular complexity index is 214. The van der Waals surface area contributed by atoms with Crippen molar-refractivity contribution in [2.45, 2.75) is 32.7 Å². The number of nitrogens with two attached hydrogens (primary N) is 2. The van der Waals surface area contributed by atoms with E-state index in [1.54, 1.807) is 0 Å². The Morgan fingerprint density at radius 3 is 1.50 bits per heavy atom. The summed E-state index contributed by atoms with van der Waals surface area (Å²) in [7, 11) is 0. The third kappa shape index (κ3) is 6.99. The van der Waals surface area contributed by atoms with Crippen LogP contribution in [-0.4, -0.2) is 86.2 Å². The highest BCUT2D eigenvalue weighted by Gasteiger charge is 2.17. The summed E-state index contributed by atoms with van der Waals surface area (Å²) in [5.41, 5.74) is 11.3. The molecule has 20 heavy (non-hydrogen) atoms. The highest BCUT2D eigenvalue weighted by molar-refractivity contribution is 4.73. The van der Waals surface area contributed by atoms with E-state index in [4.69, 9.17) is 11.5 Å². The lowest BCUT2D eigenvalue weighted by molar-refractivity contribution is 0.183. The second-order valence-electron chi connectivity index (χ2n) is 6.10. The summed E-state index contributed by atoms with van der Waals surface area (Å²) < 4.78 is 0. The van der Waals surface area contributed by atoms with Crippen molar-refractivity contribution in [3.8, 4) is 0 Å². The minimum absolute atomic E-state index is 0.626. The van der Waals surface area contributed by atoms with Crippen LogP contribution in [0.5, 0.6) is 0 Å². The van der Waals surface area contributed by atoms with Crippen LogP contribution in [0.1, 0.15) is 26.7 Å². The van der Waals surface area contributed by atoms with Crippen molar-refractivity contribution in [2.75, 3.05) is 65.4 Å². The molecule has 1 heterocycles. The van der Waals surface area contributed by atoms with E-state index < -0.39 is 0 Å². The molecule has 0 aliphatic carbocycles. The van der Waals surface area contributed by atoms with Crippen molar-refractivity contribution in [1.82, 2.24) is 14.7 Å². The molecule has 1 rings (SSSR count). The SMILES string of the molecule is CC(C)N1CCN(CCCN)CCN(CCCN)CC1. The van der Waals surface area contributed by atoms with E-state index in [1.165, 1.54) is 26.2 Å². The van der Waals surface area contributed by atoms with Crippen molar-refractivity contribution >= 4 is 0 Å². The Balaban J connectivity index is 2.53. The largest absolute Gasteiger partial charge is 0.330 e. The van der Waals surface area contributed by atoms with E-state index in [0.29, 0.717) is 6.04 Å². The zero-order valence-electron chi connectivity index (χ0n) is 13.6. The molecule has 5 nitrogen and oxygen atoms in total. The molecule has 0 radical (unpaired) electrons. The molecule has 120 valence electrons. The molecule has 1 aliphatic heterocycles. The average Bonchev–Trinajstić information content (AvgIpc) is 2.53. The van der Waals surface area contributed by atoms with Gasteiger partial charge in [-0.05, 0) is 52.9 Å². The highest BCUT2D eigenvalue weighted by atomic mass is 15.3. The van der Waals surface area contributed by atoms with Gasteiger partial charge in [-0.1, -0.05) is 0 Å². The summed E-state index contributed by atoms with van der Waals surface area (Å²) in [6.07, 6.45) is 2.20. The summed E-state index contributed by atoms with van der Waals surface area (Å²) in [5.74, 6) is 0. The van der Waals surface area contributed by atoms with E-state index in [-0.39, 0.29) is 0 Å². The zero-order chi connectivity index (χ0) is 14.8. The van der Waals surface area contributed by atoms with Gasteiger partial charge in [-0.3, -0.25) is 4.90 Å². The zero-order valence-corrected chi connectivity index (χ0v) is 13.6. The Hall–Kier alpha value is -0.200. The molecule has 1 aliphatic rings. The minimum Gasteiger partial charge on any atom is -0.330 e. The van der Waals surface area contributed by atoms with Gasteiger partial charge in [-0.25, -0.2) is 0 Å². The van der Waals surface area contributed by atoms with Gasteiger partial charge in [0.15, 0.2) is 0 Å². The van der Waals surface area contributed by atoms with Crippen molar-refractivity contribution in [1.29, 1.82) is 0 Å². The summed E-state index contributed by atoms with van der Waals surface area (Å²) >= 11 is 0. The molecule has 0 aromatic heterocycles. The van der Waals surface area contributed by atoms with Gasteiger partial charge in [0.1, 0.15) is 0 Å². The summed E-state index contributed by atoms with van der Waals surface area (Å²) in [4.78, 5) is 7.74. The first-order valence-electron chi connectivity index (χ1n) is 8.26. The molecule has 5 heteroatoms. The minimum atomic E-state index is 0.626. The molecule has 1 fully saturated rings. The van der Waals surface area contributed by atoms with E-state index >= 15 is 0 Å². The van der Waals surface area contributed by atoms with Gasteiger partial charge >= 0.3 is 0 Å². The van der Waals surface area contributed by atoms with Gasteiger partial charge in [0.05, 0.1) is 0 Å². The van der Waals surface area contributed by atoms with Crippen LogP contribution in [0, 0.1) is 0 Å². The predicted octanol–water partition coefficient (Wildman–Crippen LogP) is 0.0120. The Kier molecular flexibility index (Phi) is 9.39. The number of hydrogen-bond acceptors (Lipinski definition) is 5. The quantitative estimate of drug-likeness (QED) is 0.690. The van der Waals surface area contributed by atoms with Crippen LogP contribution in [0.2, 0.25) is 0 Å². The molecule has 4 N–H and O–H groups in total. The lowest BCUT2D eigenvalue weighted by Gasteiger charge is -2.28. The molecule has 0 amide bonds. The Labute approximate surface area is 125 Å². The predicted molar refractivity (Wildman–Crippen MR) is 86.9 cm³/mol. The van der Waals surface area contributed by atoms with Crippen molar-refractivity contribution in [3.63, 3.8) is 0 Å². The molecule has 1 saturated heterocycles. The van der Waals surface area contributed by atoms with Gasteiger partial charge in [0, 0.05) is 45.3 Å². The van der Waals surface area contributed by atoms with Crippen molar-refractivity contribution in [2.24, 2.45) is 11.5 Å². The van der Waals surface area contributed by atoms with E-state index in [9.17, 15) is 0 Å². The van der Waals surface area contributed by atoms with Crippen LogP contribution >= 0.6 is 0 Å². The molecule has 0 spiro atoms. The monoisotopic (exact) mass is 285 g/mol.